The monoisotopic (exact) mass is 262 g/mol. The van der Waals surface area contributed by atoms with Crippen LogP contribution < -0.4 is 10.0 Å². The highest BCUT2D eigenvalue weighted by molar-refractivity contribution is 7.89. The number of hydrogen-bond acceptors (Lipinski definition) is 4. The molecule has 1 saturated carbocycles. The second-order valence-corrected chi connectivity index (χ2v) is 7.05. The first-order chi connectivity index (χ1) is 8.05. The van der Waals surface area contributed by atoms with E-state index in [1.807, 2.05) is 0 Å². The maximum absolute atomic E-state index is 11.8. The Balaban J connectivity index is 1.86. The summed E-state index contributed by atoms with van der Waals surface area (Å²) < 4.78 is 31.1. The van der Waals surface area contributed by atoms with Crippen molar-refractivity contribution in [3.63, 3.8) is 0 Å². The van der Waals surface area contributed by atoms with Crippen LogP contribution in [0.15, 0.2) is 0 Å². The molecule has 2 aliphatic rings. The smallest absolute Gasteiger partial charge is 0.214 e. The van der Waals surface area contributed by atoms with E-state index in [4.69, 9.17) is 4.74 Å². The summed E-state index contributed by atoms with van der Waals surface area (Å²) in [7, 11) is -1.66. The summed E-state index contributed by atoms with van der Waals surface area (Å²) in [6, 6.07) is 0.0957. The van der Waals surface area contributed by atoms with Crippen molar-refractivity contribution in [3.8, 4) is 0 Å². The van der Waals surface area contributed by atoms with Gasteiger partial charge in [0.1, 0.15) is 0 Å². The molecule has 0 aromatic rings. The Morgan fingerprint density at radius 2 is 2.24 bits per heavy atom. The first-order valence-corrected chi connectivity index (χ1v) is 7.94. The van der Waals surface area contributed by atoms with E-state index in [0.717, 1.165) is 19.4 Å². The second-order valence-electron chi connectivity index (χ2n) is 5.18. The molecule has 1 atom stereocenters. The summed E-state index contributed by atoms with van der Waals surface area (Å²) in [4.78, 5) is 0. The highest BCUT2D eigenvalue weighted by atomic mass is 32.2. The lowest BCUT2D eigenvalue weighted by molar-refractivity contribution is 0.126. The molecular formula is C11H22N2O3S. The molecule has 0 aromatic carbocycles. The second kappa shape index (κ2) is 5.22. The molecule has 0 radical (unpaired) electrons. The zero-order chi connectivity index (χ0) is 12.4. The van der Waals surface area contributed by atoms with Crippen LogP contribution in [0.1, 0.15) is 32.1 Å². The molecule has 2 rings (SSSR count). The van der Waals surface area contributed by atoms with Gasteiger partial charge in [-0.3, -0.25) is 0 Å². The average Bonchev–Trinajstić information content (AvgIpc) is 2.24. The van der Waals surface area contributed by atoms with Crippen LogP contribution >= 0.6 is 0 Å². The number of sulfonamides is 1. The molecule has 2 N–H and O–H groups in total. The van der Waals surface area contributed by atoms with E-state index in [1.165, 1.54) is 26.4 Å². The van der Waals surface area contributed by atoms with Crippen LogP contribution in [0.5, 0.6) is 0 Å². The minimum atomic E-state index is -3.18. The number of rotatable bonds is 5. The first-order valence-electron chi connectivity index (χ1n) is 6.29. The zero-order valence-corrected chi connectivity index (χ0v) is 11.2. The van der Waals surface area contributed by atoms with Crippen molar-refractivity contribution in [2.75, 3.05) is 26.0 Å². The molecule has 1 aliphatic carbocycles. The maximum atomic E-state index is 11.8. The normalized spacial score (nSPS) is 27.9. The van der Waals surface area contributed by atoms with E-state index < -0.39 is 10.0 Å². The van der Waals surface area contributed by atoms with Crippen LogP contribution in [0.2, 0.25) is 0 Å². The SMILES string of the molecule is COCCS(=O)(=O)NC1CCNC2(CCC2)C1. The van der Waals surface area contributed by atoms with E-state index in [9.17, 15) is 8.42 Å². The lowest BCUT2D eigenvalue weighted by atomic mass is 9.70. The van der Waals surface area contributed by atoms with Crippen LogP contribution in [-0.4, -0.2) is 46.0 Å². The van der Waals surface area contributed by atoms with Crippen molar-refractivity contribution in [2.45, 2.75) is 43.7 Å². The Hall–Kier alpha value is -0.170. The molecule has 1 heterocycles. The summed E-state index contributed by atoms with van der Waals surface area (Å²) in [6.07, 6.45) is 5.44. The minimum Gasteiger partial charge on any atom is -0.384 e. The average molecular weight is 262 g/mol. The number of hydrogen-bond donors (Lipinski definition) is 2. The Labute approximate surface area is 103 Å². The Kier molecular flexibility index (Phi) is 4.07. The first kappa shape index (κ1) is 13.3. The van der Waals surface area contributed by atoms with Crippen molar-refractivity contribution in [3.05, 3.63) is 0 Å². The van der Waals surface area contributed by atoms with Gasteiger partial charge in [-0.05, 0) is 38.6 Å². The van der Waals surface area contributed by atoms with Gasteiger partial charge in [-0.15, -0.1) is 0 Å². The van der Waals surface area contributed by atoms with Gasteiger partial charge in [-0.1, -0.05) is 0 Å². The van der Waals surface area contributed by atoms with E-state index in [2.05, 4.69) is 10.0 Å². The van der Waals surface area contributed by atoms with Crippen molar-refractivity contribution >= 4 is 10.0 Å². The van der Waals surface area contributed by atoms with Gasteiger partial charge in [0.25, 0.3) is 0 Å². The Morgan fingerprint density at radius 1 is 1.47 bits per heavy atom. The molecule has 1 spiro atoms. The Bertz CT molecular complexity index is 352. The molecule has 6 heteroatoms. The lowest BCUT2D eigenvalue weighted by Crippen LogP contribution is -2.59. The number of methoxy groups -OCH3 is 1. The predicted molar refractivity (Wildman–Crippen MR) is 66.4 cm³/mol. The van der Waals surface area contributed by atoms with Gasteiger partial charge in [-0.2, -0.15) is 0 Å². The van der Waals surface area contributed by atoms with Gasteiger partial charge < -0.3 is 10.1 Å². The fourth-order valence-electron chi connectivity index (χ4n) is 2.75. The third-order valence-electron chi connectivity index (χ3n) is 3.84. The van der Waals surface area contributed by atoms with Gasteiger partial charge in [0.15, 0.2) is 0 Å². The third kappa shape index (κ3) is 3.40. The summed E-state index contributed by atoms with van der Waals surface area (Å²) in [6.45, 7) is 1.17. The largest absolute Gasteiger partial charge is 0.384 e. The van der Waals surface area contributed by atoms with Crippen LogP contribution in [-0.2, 0) is 14.8 Å². The lowest BCUT2D eigenvalue weighted by Gasteiger charge is -2.48. The van der Waals surface area contributed by atoms with Gasteiger partial charge in [0.2, 0.25) is 10.0 Å². The molecule has 5 nitrogen and oxygen atoms in total. The van der Waals surface area contributed by atoms with Gasteiger partial charge in [0, 0.05) is 18.7 Å². The number of nitrogens with one attached hydrogen (secondary N) is 2. The summed E-state index contributed by atoms with van der Waals surface area (Å²) in [5.74, 6) is 0.0560. The Morgan fingerprint density at radius 3 is 2.82 bits per heavy atom. The molecule has 100 valence electrons. The van der Waals surface area contributed by atoms with Gasteiger partial charge in [-0.25, -0.2) is 13.1 Å². The summed E-state index contributed by atoms with van der Waals surface area (Å²) in [5.41, 5.74) is 0.229. The highest BCUT2D eigenvalue weighted by Gasteiger charge is 2.41. The summed E-state index contributed by atoms with van der Waals surface area (Å²) >= 11 is 0. The molecule has 17 heavy (non-hydrogen) atoms. The standard InChI is InChI=1S/C11H22N2O3S/c1-16-7-8-17(14,15)13-10-3-6-12-11(9-10)4-2-5-11/h10,12-13H,2-9H2,1H3. The van der Waals surface area contributed by atoms with Crippen molar-refractivity contribution in [2.24, 2.45) is 0 Å². The van der Waals surface area contributed by atoms with Crippen molar-refractivity contribution in [1.29, 1.82) is 0 Å². The van der Waals surface area contributed by atoms with Crippen molar-refractivity contribution < 1.29 is 13.2 Å². The highest BCUT2D eigenvalue weighted by Crippen LogP contribution is 2.38. The van der Waals surface area contributed by atoms with Crippen molar-refractivity contribution in [1.82, 2.24) is 10.0 Å². The van der Waals surface area contributed by atoms with Gasteiger partial charge >= 0.3 is 0 Å². The number of piperidine rings is 1. The molecule has 0 amide bonds. The van der Waals surface area contributed by atoms with E-state index in [-0.39, 0.29) is 23.9 Å². The molecule has 0 aromatic heterocycles. The summed E-state index contributed by atoms with van der Waals surface area (Å²) in [5, 5.41) is 3.53. The zero-order valence-electron chi connectivity index (χ0n) is 10.4. The van der Waals surface area contributed by atoms with E-state index >= 15 is 0 Å². The minimum absolute atomic E-state index is 0.0560. The van der Waals surface area contributed by atoms with E-state index in [0.29, 0.717) is 0 Å². The quantitative estimate of drug-likeness (QED) is 0.744. The fraction of sp³-hybridized carbons (Fsp3) is 1.00. The van der Waals surface area contributed by atoms with E-state index in [1.54, 1.807) is 0 Å². The van der Waals surface area contributed by atoms with Gasteiger partial charge in [0.05, 0.1) is 12.4 Å². The third-order valence-corrected chi connectivity index (χ3v) is 5.24. The topological polar surface area (TPSA) is 67.4 Å². The molecule has 1 unspecified atom stereocenters. The van der Waals surface area contributed by atoms with Crippen LogP contribution in [0.25, 0.3) is 0 Å². The number of ether oxygens (including phenoxy) is 1. The van der Waals surface area contributed by atoms with Crippen LogP contribution in [0.4, 0.5) is 0 Å². The van der Waals surface area contributed by atoms with Crippen LogP contribution in [0, 0.1) is 0 Å². The molecule has 1 aliphatic heterocycles. The molecule has 0 bridgehead atoms. The predicted octanol–water partition coefficient (Wildman–Crippen LogP) is 0.227. The maximum Gasteiger partial charge on any atom is 0.214 e. The van der Waals surface area contributed by atoms with Crippen LogP contribution in [0.3, 0.4) is 0 Å². The fourth-order valence-corrected chi connectivity index (χ4v) is 3.96. The molecular weight excluding hydrogens is 240 g/mol. The molecule has 2 fully saturated rings. The molecule has 1 saturated heterocycles.